The highest BCUT2D eigenvalue weighted by molar-refractivity contribution is 6.31. The zero-order valence-corrected chi connectivity index (χ0v) is 11.9. The normalized spacial score (nSPS) is 17.9. The van der Waals surface area contributed by atoms with Crippen LogP contribution in [0.4, 0.5) is 5.95 Å². The van der Waals surface area contributed by atoms with Gasteiger partial charge in [-0.05, 0) is 49.0 Å². The van der Waals surface area contributed by atoms with Crippen molar-refractivity contribution in [3.05, 3.63) is 10.6 Å². The van der Waals surface area contributed by atoms with Crippen LogP contribution in [0, 0.1) is 0 Å². The largest absolute Gasteiger partial charge is 0.351 e. The molecule has 0 aromatic carbocycles. The number of aromatic nitrogens is 3. The SMILES string of the molecule is CCCN1CCC(Nc2nc(Cl)nc(Cl)n2)CC1. The van der Waals surface area contributed by atoms with Crippen molar-refractivity contribution >= 4 is 29.2 Å². The molecule has 0 aliphatic carbocycles. The van der Waals surface area contributed by atoms with E-state index in [0.29, 0.717) is 12.0 Å². The van der Waals surface area contributed by atoms with Gasteiger partial charge in [0.05, 0.1) is 0 Å². The second-order valence-corrected chi connectivity index (χ2v) is 5.13. The van der Waals surface area contributed by atoms with Crippen LogP contribution in [-0.2, 0) is 0 Å². The van der Waals surface area contributed by atoms with Gasteiger partial charge in [0, 0.05) is 19.1 Å². The summed E-state index contributed by atoms with van der Waals surface area (Å²) in [4.78, 5) is 14.2. The van der Waals surface area contributed by atoms with Crippen molar-refractivity contribution in [2.75, 3.05) is 25.0 Å². The summed E-state index contributed by atoms with van der Waals surface area (Å²) >= 11 is 11.5. The number of hydrogen-bond donors (Lipinski definition) is 1. The van der Waals surface area contributed by atoms with Crippen LogP contribution in [-0.4, -0.2) is 45.5 Å². The van der Waals surface area contributed by atoms with Crippen molar-refractivity contribution in [2.24, 2.45) is 0 Å². The molecule has 0 radical (unpaired) electrons. The molecule has 1 saturated heterocycles. The Hall–Kier alpha value is -0.650. The number of piperidine rings is 1. The van der Waals surface area contributed by atoms with E-state index in [4.69, 9.17) is 23.2 Å². The lowest BCUT2D eigenvalue weighted by molar-refractivity contribution is 0.219. The molecule has 1 aliphatic rings. The molecule has 18 heavy (non-hydrogen) atoms. The van der Waals surface area contributed by atoms with Gasteiger partial charge in [-0.2, -0.15) is 15.0 Å². The Morgan fingerprint density at radius 1 is 1.17 bits per heavy atom. The second-order valence-electron chi connectivity index (χ2n) is 4.46. The van der Waals surface area contributed by atoms with Gasteiger partial charge < -0.3 is 10.2 Å². The van der Waals surface area contributed by atoms with Crippen LogP contribution in [0.1, 0.15) is 26.2 Å². The molecule has 100 valence electrons. The molecule has 0 atom stereocenters. The van der Waals surface area contributed by atoms with E-state index in [0.717, 1.165) is 25.9 Å². The van der Waals surface area contributed by atoms with Crippen molar-refractivity contribution in [3.63, 3.8) is 0 Å². The Labute approximate surface area is 117 Å². The fraction of sp³-hybridized carbons (Fsp3) is 0.727. The van der Waals surface area contributed by atoms with E-state index in [-0.39, 0.29) is 10.6 Å². The average molecular weight is 290 g/mol. The molecule has 1 aromatic rings. The van der Waals surface area contributed by atoms with Crippen LogP contribution in [0.2, 0.25) is 10.6 Å². The summed E-state index contributed by atoms with van der Waals surface area (Å²) in [7, 11) is 0. The highest BCUT2D eigenvalue weighted by Crippen LogP contribution is 2.16. The summed E-state index contributed by atoms with van der Waals surface area (Å²) in [5, 5.41) is 3.52. The molecular formula is C11H17Cl2N5. The maximum absolute atomic E-state index is 5.74. The monoisotopic (exact) mass is 289 g/mol. The maximum Gasteiger partial charge on any atom is 0.228 e. The van der Waals surface area contributed by atoms with Crippen LogP contribution in [0.25, 0.3) is 0 Å². The van der Waals surface area contributed by atoms with Gasteiger partial charge in [-0.3, -0.25) is 0 Å². The zero-order valence-electron chi connectivity index (χ0n) is 10.4. The van der Waals surface area contributed by atoms with E-state index in [1.165, 1.54) is 13.0 Å². The van der Waals surface area contributed by atoms with Crippen molar-refractivity contribution in [2.45, 2.75) is 32.2 Å². The lowest BCUT2D eigenvalue weighted by atomic mass is 10.1. The van der Waals surface area contributed by atoms with E-state index in [2.05, 4.69) is 32.1 Å². The smallest absolute Gasteiger partial charge is 0.228 e. The number of halogens is 2. The molecule has 1 fully saturated rings. The van der Waals surface area contributed by atoms with Gasteiger partial charge in [-0.1, -0.05) is 6.92 Å². The van der Waals surface area contributed by atoms with Gasteiger partial charge in [0.2, 0.25) is 16.5 Å². The number of rotatable bonds is 4. The van der Waals surface area contributed by atoms with Crippen LogP contribution >= 0.6 is 23.2 Å². The highest BCUT2D eigenvalue weighted by atomic mass is 35.5. The Kier molecular flexibility index (Phi) is 4.97. The summed E-state index contributed by atoms with van der Waals surface area (Å²) in [6.45, 7) is 5.60. The third-order valence-corrected chi connectivity index (χ3v) is 3.38. The minimum Gasteiger partial charge on any atom is -0.351 e. The van der Waals surface area contributed by atoms with Crippen LogP contribution in [0.15, 0.2) is 0 Å². The van der Waals surface area contributed by atoms with E-state index in [9.17, 15) is 0 Å². The molecule has 0 bridgehead atoms. The van der Waals surface area contributed by atoms with Crippen LogP contribution in [0.5, 0.6) is 0 Å². The van der Waals surface area contributed by atoms with E-state index in [1.807, 2.05) is 0 Å². The summed E-state index contributed by atoms with van der Waals surface area (Å²) in [6.07, 6.45) is 3.37. The highest BCUT2D eigenvalue weighted by Gasteiger charge is 2.19. The number of anilines is 1. The first kappa shape index (κ1) is 13.8. The first-order valence-corrected chi connectivity index (χ1v) is 6.99. The fourth-order valence-corrected chi connectivity index (χ4v) is 2.55. The number of hydrogen-bond acceptors (Lipinski definition) is 5. The van der Waals surface area contributed by atoms with Crippen molar-refractivity contribution in [1.29, 1.82) is 0 Å². The minimum absolute atomic E-state index is 0.126. The molecule has 5 nitrogen and oxygen atoms in total. The summed E-state index contributed by atoms with van der Waals surface area (Å²) in [6, 6.07) is 0.382. The zero-order chi connectivity index (χ0) is 13.0. The van der Waals surface area contributed by atoms with Crippen molar-refractivity contribution in [3.8, 4) is 0 Å². The molecule has 1 N–H and O–H groups in total. The standard InChI is InChI=1S/C11H17Cl2N5/c1-2-5-18-6-3-8(4-7-18)14-11-16-9(12)15-10(13)17-11/h8H,2-7H2,1H3,(H,14,15,16,17). The van der Waals surface area contributed by atoms with E-state index in [1.54, 1.807) is 0 Å². The number of nitrogens with zero attached hydrogens (tertiary/aromatic N) is 4. The van der Waals surface area contributed by atoms with E-state index >= 15 is 0 Å². The summed E-state index contributed by atoms with van der Waals surface area (Å²) in [5.41, 5.74) is 0. The molecule has 1 aromatic heterocycles. The maximum atomic E-state index is 5.74. The molecule has 2 heterocycles. The third kappa shape index (κ3) is 3.93. The molecule has 0 saturated carbocycles. The molecule has 0 unspecified atom stereocenters. The van der Waals surface area contributed by atoms with Gasteiger partial charge in [-0.15, -0.1) is 0 Å². The third-order valence-electron chi connectivity index (χ3n) is 3.04. The summed E-state index contributed by atoms with van der Waals surface area (Å²) < 4.78 is 0. The quantitative estimate of drug-likeness (QED) is 0.923. The van der Waals surface area contributed by atoms with Crippen molar-refractivity contribution in [1.82, 2.24) is 19.9 Å². The van der Waals surface area contributed by atoms with Crippen LogP contribution < -0.4 is 5.32 Å². The predicted molar refractivity (Wildman–Crippen MR) is 73.2 cm³/mol. The average Bonchev–Trinajstić information content (AvgIpc) is 2.31. The first-order chi connectivity index (χ1) is 8.67. The summed E-state index contributed by atoms with van der Waals surface area (Å²) in [5.74, 6) is 0.467. The van der Waals surface area contributed by atoms with Gasteiger partial charge in [0.15, 0.2) is 0 Å². The van der Waals surface area contributed by atoms with Gasteiger partial charge >= 0.3 is 0 Å². The Morgan fingerprint density at radius 3 is 2.33 bits per heavy atom. The van der Waals surface area contributed by atoms with Crippen molar-refractivity contribution < 1.29 is 0 Å². The Bertz CT molecular complexity index is 373. The van der Waals surface area contributed by atoms with Gasteiger partial charge in [0.25, 0.3) is 0 Å². The van der Waals surface area contributed by atoms with Gasteiger partial charge in [-0.25, -0.2) is 0 Å². The molecular weight excluding hydrogens is 273 g/mol. The second kappa shape index (κ2) is 6.50. The first-order valence-electron chi connectivity index (χ1n) is 6.23. The fourth-order valence-electron chi connectivity index (χ4n) is 2.19. The predicted octanol–water partition coefficient (Wildman–Crippen LogP) is 2.46. The van der Waals surface area contributed by atoms with Crippen LogP contribution in [0.3, 0.4) is 0 Å². The molecule has 0 spiro atoms. The Morgan fingerprint density at radius 2 is 1.78 bits per heavy atom. The lowest BCUT2D eigenvalue weighted by Crippen LogP contribution is -2.39. The number of nitrogens with one attached hydrogen (secondary N) is 1. The molecule has 0 amide bonds. The topological polar surface area (TPSA) is 53.9 Å². The minimum atomic E-state index is 0.126. The van der Waals surface area contributed by atoms with Gasteiger partial charge in [0.1, 0.15) is 0 Å². The van der Waals surface area contributed by atoms with E-state index < -0.39 is 0 Å². The lowest BCUT2D eigenvalue weighted by Gasteiger charge is -2.32. The number of likely N-dealkylation sites (tertiary alicyclic amines) is 1. The Balaban J connectivity index is 1.87. The molecule has 2 rings (SSSR count). The molecule has 7 heteroatoms. The molecule has 1 aliphatic heterocycles.